The highest BCUT2D eigenvalue weighted by molar-refractivity contribution is 5.75. The fourth-order valence-corrected chi connectivity index (χ4v) is 4.68. The van der Waals surface area contributed by atoms with Crippen molar-refractivity contribution in [2.75, 3.05) is 27.4 Å². The molecule has 0 heterocycles. The molecule has 0 aliphatic carbocycles. The van der Waals surface area contributed by atoms with Crippen molar-refractivity contribution in [1.82, 2.24) is 9.80 Å². The molecule has 4 aromatic carbocycles. The molecule has 0 amide bonds. The second-order valence-electron chi connectivity index (χ2n) is 10.2. The number of nitrogens with zero attached hydrogens (tertiary/aromatic N) is 2. The molecule has 44 heavy (non-hydrogen) atoms. The summed E-state index contributed by atoms with van der Waals surface area (Å²) in [6, 6.07) is 38.7. The molecule has 0 spiro atoms. The molecule has 232 valence electrons. The number of rotatable bonds is 14. The number of aliphatic hydroxyl groups is 1. The Labute approximate surface area is 259 Å². The summed E-state index contributed by atoms with van der Waals surface area (Å²) in [5, 5.41) is 9.61. The van der Waals surface area contributed by atoms with Gasteiger partial charge in [-0.3, -0.25) is 14.6 Å². The molecule has 1 N–H and O–H groups in total. The van der Waals surface area contributed by atoms with Crippen LogP contribution in [0, 0.1) is 0 Å². The van der Waals surface area contributed by atoms with Crippen LogP contribution in [0.3, 0.4) is 0 Å². The number of ether oxygens (including phenoxy) is 2. The Kier molecular flexibility index (Phi) is 14.7. The number of carbonyl (C=O) groups is 2. The Balaban J connectivity index is 0.000000240. The van der Waals surface area contributed by atoms with Gasteiger partial charge in [-0.05, 0) is 22.3 Å². The van der Waals surface area contributed by atoms with Crippen LogP contribution in [0.1, 0.15) is 22.3 Å². The van der Waals surface area contributed by atoms with Crippen LogP contribution in [0.4, 0.5) is 4.39 Å². The van der Waals surface area contributed by atoms with Gasteiger partial charge in [0.15, 0.2) is 0 Å². The Morgan fingerprint density at radius 3 is 1.27 bits per heavy atom. The molecule has 4 aromatic rings. The molecule has 2 atom stereocenters. The minimum Gasteiger partial charge on any atom is -0.468 e. The van der Waals surface area contributed by atoms with Gasteiger partial charge in [-0.1, -0.05) is 121 Å². The minimum absolute atomic E-state index is 0.0104. The van der Waals surface area contributed by atoms with E-state index in [1.54, 1.807) is 0 Å². The number of alkyl halides is 1. The van der Waals surface area contributed by atoms with Gasteiger partial charge < -0.3 is 14.6 Å². The Morgan fingerprint density at radius 1 is 0.614 bits per heavy atom. The van der Waals surface area contributed by atoms with Crippen LogP contribution < -0.4 is 0 Å². The first-order valence-electron chi connectivity index (χ1n) is 14.5. The molecule has 4 rings (SSSR count). The molecular formula is C36H41FN2O5. The Hall–Kier alpha value is -4.37. The van der Waals surface area contributed by atoms with Crippen molar-refractivity contribution >= 4 is 11.9 Å². The summed E-state index contributed by atoms with van der Waals surface area (Å²) < 4.78 is 23.2. The smallest absolute Gasteiger partial charge is 0.341 e. The summed E-state index contributed by atoms with van der Waals surface area (Å²) in [6.07, 6.45) is -1.64. The van der Waals surface area contributed by atoms with Gasteiger partial charge in [0, 0.05) is 32.7 Å². The van der Waals surface area contributed by atoms with Gasteiger partial charge in [-0.2, -0.15) is 0 Å². The normalized spacial score (nSPS) is 12.1. The number of benzene rings is 4. The lowest BCUT2D eigenvalue weighted by molar-refractivity contribution is -0.149. The van der Waals surface area contributed by atoms with Crippen LogP contribution in [-0.2, 0) is 45.2 Å². The quantitative estimate of drug-likeness (QED) is 0.194. The summed E-state index contributed by atoms with van der Waals surface area (Å²) >= 11 is 0. The topological polar surface area (TPSA) is 79.3 Å². The van der Waals surface area contributed by atoms with Gasteiger partial charge in [0.25, 0.3) is 0 Å². The van der Waals surface area contributed by atoms with Gasteiger partial charge in [0.1, 0.15) is 6.04 Å². The van der Waals surface area contributed by atoms with Crippen LogP contribution in [0.25, 0.3) is 0 Å². The second-order valence-corrected chi connectivity index (χ2v) is 10.2. The summed E-state index contributed by atoms with van der Waals surface area (Å²) in [5.74, 6) is -1.25. The van der Waals surface area contributed by atoms with Gasteiger partial charge in [-0.15, -0.1) is 0 Å². The van der Waals surface area contributed by atoms with Crippen molar-refractivity contribution in [3.8, 4) is 0 Å². The number of methoxy groups -OCH3 is 2. The van der Waals surface area contributed by atoms with E-state index < -0.39 is 24.2 Å². The molecule has 0 aliphatic heterocycles. The maximum atomic E-state index is 13.9. The van der Waals surface area contributed by atoms with E-state index in [4.69, 9.17) is 4.74 Å². The zero-order valence-corrected chi connectivity index (χ0v) is 25.3. The van der Waals surface area contributed by atoms with Crippen molar-refractivity contribution < 1.29 is 28.6 Å². The predicted molar refractivity (Wildman–Crippen MR) is 169 cm³/mol. The monoisotopic (exact) mass is 600 g/mol. The highest BCUT2D eigenvalue weighted by Crippen LogP contribution is 2.15. The highest BCUT2D eigenvalue weighted by atomic mass is 19.1. The summed E-state index contributed by atoms with van der Waals surface area (Å²) in [7, 11) is 2.54. The van der Waals surface area contributed by atoms with E-state index in [0.29, 0.717) is 26.2 Å². The zero-order valence-electron chi connectivity index (χ0n) is 25.3. The van der Waals surface area contributed by atoms with Crippen LogP contribution in [0.5, 0.6) is 0 Å². The summed E-state index contributed by atoms with van der Waals surface area (Å²) in [6.45, 7) is 2.02. The Bertz CT molecular complexity index is 1280. The molecule has 0 fully saturated rings. The van der Waals surface area contributed by atoms with Crippen molar-refractivity contribution in [2.24, 2.45) is 0 Å². The van der Waals surface area contributed by atoms with Crippen LogP contribution >= 0.6 is 0 Å². The lowest BCUT2D eigenvalue weighted by atomic mass is 10.1. The van der Waals surface area contributed by atoms with Crippen molar-refractivity contribution in [1.29, 1.82) is 0 Å². The van der Waals surface area contributed by atoms with E-state index in [9.17, 15) is 19.1 Å². The predicted octanol–water partition coefficient (Wildman–Crippen LogP) is 5.42. The third kappa shape index (κ3) is 11.7. The lowest BCUT2D eigenvalue weighted by Crippen LogP contribution is -2.43. The van der Waals surface area contributed by atoms with Gasteiger partial charge >= 0.3 is 11.9 Å². The fourth-order valence-electron chi connectivity index (χ4n) is 4.68. The molecular weight excluding hydrogens is 559 g/mol. The van der Waals surface area contributed by atoms with E-state index in [-0.39, 0.29) is 13.2 Å². The van der Waals surface area contributed by atoms with E-state index in [1.807, 2.05) is 131 Å². The maximum absolute atomic E-state index is 13.9. The maximum Gasteiger partial charge on any atom is 0.341 e. The molecule has 0 aromatic heterocycles. The average Bonchev–Trinajstić information content (AvgIpc) is 3.06. The van der Waals surface area contributed by atoms with E-state index >= 15 is 0 Å². The first kappa shape index (κ1) is 34.1. The number of aliphatic hydroxyl groups excluding tert-OH is 1. The molecule has 8 heteroatoms. The molecule has 0 bridgehead atoms. The van der Waals surface area contributed by atoms with Crippen LogP contribution in [0.2, 0.25) is 0 Å². The Morgan fingerprint density at radius 2 is 0.955 bits per heavy atom. The van der Waals surface area contributed by atoms with Crippen LogP contribution in [-0.4, -0.2) is 66.4 Å². The summed E-state index contributed by atoms with van der Waals surface area (Å²) in [5.41, 5.74) is 4.33. The fraction of sp³-hybridized carbons (Fsp3) is 0.278. The highest BCUT2D eigenvalue weighted by Gasteiger charge is 2.26. The van der Waals surface area contributed by atoms with Gasteiger partial charge in [0.05, 0.1) is 20.8 Å². The van der Waals surface area contributed by atoms with E-state index in [0.717, 1.165) is 22.3 Å². The molecule has 0 saturated heterocycles. The average molecular weight is 601 g/mol. The van der Waals surface area contributed by atoms with Crippen LogP contribution in [0.15, 0.2) is 121 Å². The standard InChI is InChI=1S/C18H20FNO2.C18H21NO3/c1-22-18(21)17(19)14-20(12-15-8-4-2-5-9-15)13-16-10-6-3-7-11-16;1-22-18(21)17(14-20)19(12-15-8-4-2-5-9-15)13-16-10-6-3-7-11-16/h2-11,17H,12-14H2,1H3;2-11,17,20H,12-14H2,1H3/t17-;/m1./s1. The molecule has 1 unspecified atom stereocenters. The molecule has 0 aliphatic rings. The van der Waals surface area contributed by atoms with Crippen molar-refractivity contribution in [3.63, 3.8) is 0 Å². The zero-order chi connectivity index (χ0) is 31.6. The third-order valence-corrected chi connectivity index (χ3v) is 6.92. The molecule has 7 nitrogen and oxygen atoms in total. The van der Waals surface area contributed by atoms with E-state index in [1.165, 1.54) is 14.2 Å². The van der Waals surface area contributed by atoms with E-state index in [2.05, 4.69) is 4.74 Å². The van der Waals surface area contributed by atoms with Crippen molar-refractivity contribution in [3.05, 3.63) is 144 Å². The molecule has 0 saturated carbocycles. The number of halogens is 1. The number of carbonyl (C=O) groups excluding carboxylic acids is 2. The second kappa shape index (κ2) is 19.0. The largest absolute Gasteiger partial charge is 0.468 e. The van der Waals surface area contributed by atoms with Gasteiger partial charge in [0.2, 0.25) is 6.17 Å². The lowest BCUT2D eigenvalue weighted by Gasteiger charge is -2.28. The first-order valence-corrected chi connectivity index (χ1v) is 14.5. The summed E-state index contributed by atoms with van der Waals surface area (Å²) in [4.78, 5) is 27.1. The van der Waals surface area contributed by atoms with Gasteiger partial charge in [-0.25, -0.2) is 9.18 Å². The van der Waals surface area contributed by atoms with Crippen molar-refractivity contribution in [2.45, 2.75) is 38.4 Å². The number of hydrogen-bond donors (Lipinski definition) is 1. The number of esters is 2. The first-order chi connectivity index (χ1) is 21.4. The molecule has 0 radical (unpaired) electrons. The third-order valence-electron chi connectivity index (χ3n) is 6.92. The SMILES string of the molecule is COC(=O)C(CO)N(Cc1ccccc1)Cc1ccccc1.COC(=O)[C@H](F)CN(Cc1ccccc1)Cc1ccccc1. The number of hydrogen-bond acceptors (Lipinski definition) is 7. The minimum atomic E-state index is -1.64.